The number of alkyl halides is 3. The van der Waals surface area contributed by atoms with Gasteiger partial charge in [-0.2, -0.15) is 8.42 Å². The number of hydrogen-bond acceptors (Lipinski definition) is 6. The smallest absolute Gasteiger partial charge is 0.506 e. The summed E-state index contributed by atoms with van der Waals surface area (Å²) < 4.78 is 89.9. The normalized spacial score (nSPS) is 17.6. The second-order valence-corrected chi connectivity index (χ2v) is 9.49. The number of ether oxygens (including phenoxy) is 1. The summed E-state index contributed by atoms with van der Waals surface area (Å²) in [4.78, 5) is 24.8. The standard InChI is InChI=1S/C22H15F4NO8S/c23-14-7-11(10-2-1-3-12(6-10)35-22(24,25)26)4-5-15(14)27-9-16(28)19-17(36(32,33)34)8-13(21(30)31)18(19)20(27)29/h1-7,9,13,17,28H,8H2,(H,30,31)(H,32,33,34). The molecule has 1 aliphatic carbocycles. The van der Waals surface area contributed by atoms with Crippen molar-refractivity contribution in [1.29, 1.82) is 0 Å². The Morgan fingerprint density at radius 1 is 1.08 bits per heavy atom. The number of rotatable bonds is 5. The van der Waals surface area contributed by atoms with E-state index in [1.54, 1.807) is 0 Å². The summed E-state index contributed by atoms with van der Waals surface area (Å²) in [6.45, 7) is 0. The molecule has 0 amide bonds. The van der Waals surface area contributed by atoms with Crippen molar-refractivity contribution in [2.45, 2.75) is 24.0 Å². The molecule has 190 valence electrons. The predicted octanol–water partition coefficient (Wildman–Crippen LogP) is 3.75. The van der Waals surface area contributed by atoms with Crippen molar-refractivity contribution in [3.63, 3.8) is 0 Å². The van der Waals surface area contributed by atoms with E-state index in [0.717, 1.165) is 24.3 Å². The molecule has 0 aliphatic heterocycles. The maximum absolute atomic E-state index is 15.1. The van der Waals surface area contributed by atoms with Crippen molar-refractivity contribution in [3.8, 4) is 28.3 Å². The van der Waals surface area contributed by atoms with Crippen LogP contribution in [0.25, 0.3) is 16.8 Å². The van der Waals surface area contributed by atoms with E-state index in [4.69, 9.17) is 0 Å². The molecule has 2 atom stereocenters. The van der Waals surface area contributed by atoms with E-state index in [2.05, 4.69) is 4.74 Å². The lowest BCUT2D eigenvalue weighted by atomic mass is 10.0. The van der Waals surface area contributed by atoms with Crippen LogP contribution in [0.4, 0.5) is 17.6 Å². The summed E-state index contributed by atoms with van der Waals surface area (Å²) in [6.07, 6.45) is -4.96. The van der Waals surface area contributed by atoms with Gasteiger partial charge < -0.3 is 14.9 Å². The number of benzene rings is 2. The first-order chi connectivity index (χ1) is 16.7. The number of carboxylic acids is 1. The third-order valence-electron chi connectivity index (χ3n) is 5.65. The highest BCUT2D eigenvalue weighted by atomic mass is 32.2. The molecule has 3 N–H and O–H groups in total. The predicted molar refractivity (Wildman–Crippen MR) is 115 cm³/mol. The van der Waals surface area contributed by atoms with E-state index in [0.29, 0.717) is 10.8 Å². The molecular weight excluding hydrogens is 514 g/mol. The molecule has 0 spiro atoms. The monoisotopic (exact) mass is 529 g/mol. The lowest BCUT2D eigenvalue weighted by molar-refractivity contribution is -0.274. The average Bonchev–Trinajstić information content (AvgIpc) is 3.18. The minimum absolute atomic E-state index is 0.108. The van der Waals surface area contributed by atoms with Crippen molar-refractivity contribution in [2.75, 3.05) is 0 Å². The number of hydrogen-bond donors (Lipinski definition) is 3. The highest BCUT2D eigenvalue weighted by molar-refractivity contribution is 7.86. The fraction of sp³-hybridized carbons (Fsp3) is 0.182. The molecule has 1 aliphatic rings. The number of aliphatic carboxylic acids is 1. The van der Waals surface area contributed by atoms with Crippen LogP contribution in [0.1, 0.15) is 28.7 Å². The van der Waals surface area contributed by atoms with Crippen molar-refractivity contribution >= 4 is 16.1 Å². The third kappa shape index (κ3) is 4.64. The summed E-state index contributed by atoms with van der Waals surface area (Å²) >= 11 is 0. The number of nitrogens with zero attached hydrogens (tertiary/aromatic N) is 1. The highest BCUT2D eigenvalue weighted by Crippen LogP contribution is 2.47. The molecule has 0 bridgehead atoms. The van der Waals surface area contributed by atoms with Gasteiger partial charge in [0.1, 0.15) is 22.6 Å². The highest BCUT2D eigenvalue weighted by Gasteiger charge is 2.46. The van der Waals surface area contributed by atoms with Crippen LogP contribution in [-0.2, 0) is 14.9 Å². The summed E-state index contributed by atoms with van der Waals surface area (Å²) in [5.41, 5.74) is -2.53. The van der Waals surface area contributed by atoms with Crippen molar-refractivity contribution in [3.05, 3.63) is 76.0 Å². The Morgan fingerprint density at radius 3 is 2.33 bits per heavy atom. The SMILES string of the molecule is O=C(O)C1CC(S(=O)(=O)O)c2c(O)cn(-c3ccc(-c4cccc(OC(F)(F)F)c4)cc3F)c(=O)c21. The van der Waals surface area contributed by atoms with Crippen LogP contribution in [0.5, 0.6) is 11.5 Å². The Morgan fingerprint density at radius 2 is 1.75 bits per heavy atom. The molecule has 2 unspecified atom stereocenters. The van der Waals surface area contributed by atoms with Gasteiger partial charge in [-0.05, 0) is 41.8 Å². The maximum atomic E-state index is 15.1. The van der Waals surface area contributed by atoms with Crippen LogP contribution < -0.4 is 10.3 Å². The summed E-state index contributed by atoms with van der Waals surface area (Å²) in [7, 11) is -4.88. The number of pyridine rings is 1. The van der Waals surface area contributed by atoms with Crippen LogP contribution >= 0.6 is 0 Å². The minimum atomic E-state index is -4.94. The second kappa shape index (κ2) is 8.64. The summed E-state index contributed by atoms with van der Waals surface area (Å²) in [6, 6.07) is 7.93. The van der Waals surface area contributed by atoms with Crippen molar-refractivity contribution in [2.24, 2.45) is 0 Å². The lowest BCUT2D eigenvalue weighted by Gasteiger charge is -2.15. The summed E-state index contributed by atoms with van der Waals surface area (Å²) in [5, 5.41) is 18.0. The molecule has 36 heavy (non-hydrogen) atoms. The fourth-order valence-corrected chi connectivity index (χ4v) is 5.17. The molecule has 14 heteroatoms. The molecule has 4 rings (SSSR count). The third-order valence-corrected chi connectivity index (χ3v) is 6.80. The number of carboxylic acid groups (broad SMARTS) is 1. The second-order valence-electron chi connectivity index (χ2n) is 7.89. The Bertz CT molecular complexity index is 1550. The maximum Gasteiger partial charge on any atom is 0.573 e. The van der Waals surface area contributed by atoms with Gasteiger partial charge in [0.05, 0.1) is 17.8 Å². The van der Waals surface area contributed by atoms with E-state index in [1.807, 2.05) is 0 Å². The van der Waals surface area contributed by atoms with Gasteiger partial charge in [0.15, 0.2) is 0 Å². The fourth-order valence-electron chi connectivity index (χ4n) is 4.19. The molecule has 0 saturated carbocycles. The number of fused-ring (bicyclic) bond motifs is 1. The molecular formula is C22H15F4NO8S. The van der Waals surface area contributed by atoms with Gasteiger partial charge in [0.25, 0.3) is 15.7 Å². The molecule has 3 aromatic rings. The number of aromatic nitrogens is 1. The Hall–Kier alpha value is -3.91. The van der Waals surface area contributed by atoms with Gasteiger partial charge >= 0.3 is 12.3 Å². The molecule has 0 fully saturated rings. The Balaban J connectivity index is 1.81. The van der Waals surface area contributed by atoms with E-state index in [9.17, 15) is 45.9 Å². The lowest BCUT2D eigenvalue weighted by Crippen LogP contribution is -2.26. The topological polar surface area (TPSA) is 143 Å². The van der Waals surface area contributed by atoms with E-state index < -0.39 is 79.7 Å². The minimum Gasteiger partial charge on any atom is -0.506 e. The van der Waals surface area contributed by atoms with Gasteiger partial charge in [0, 0.05) is 11.1 Å². The molecule has 2 aromatic carbocycles. The number of carbonyl (C=O) groups is 1. The number of halogens is 4. The van der Waals surface area contributed by atoms with Crippen LogP contribution in [0.15, 0.2) is 53.5 Å². The van der Waals surface area contributed by atoms with E-state index >= 15 is 4.39 Å². The van der Waals surface area contributed by atoms with Gasteiger partial charge in [-0.15, -0.1) is 13.2 Å². The summed E-state index contributed by atoms with van der Waals surface area (Å²) in [5.74, 6) is -5.74. The zero-order valence-electron chi connectivity index (χ0n) is 17.7. The first-order valence-corrected chi connectivity index (χ1v) is 11.5. The Labute approximate surface area is 199 Å². The van der Waals surface area contributed by atoms with Gasteiger partial charge in [-0.1, -0.05) is 18.2 Å². The zero-order chi connectivity index (χ0) is 26.6. The quantitative estimate of drug-likeness (QED) is 0.335. The van der Waals surface area contributed by atoms with Gasteiger partial charge in [-0.25, -0.2) is 4.39 Å². The van der Waals surface area contributed by atoms with Crippen LogP contribution in [-0.4, -0.2) is 40.1 Å². The van der Waals surface area contributed by atoms with Gasteiger partial charge in [-0.3, -0.25) is 18.7 Å². The Kier molecular flexibility index (Phi) is 6.04. The first-order valence-electron chi connectivity index (χ1n) is 10.0. The largest absolute Gasteiger partial charge is 0.573 e. The molecule has 0 saturated heterocycles. The molecule has 0 radical (unpaired) electrons. The van der Waals surface area contributed by atoms with Crippen molar-refractivity contribution < 1.29 is 50.3 Å². The van der Waals surface area contributed by atoms with Crippen LogP contribution in [0, 0.1) is 5.82 Å². The van der Waals surface area contributed by atoms with E-state index in [-0.39, 0.29) is 11.1 Å². The van der Waals surface area contributed by atoms with Gasteiger partial charge in [0.2, 0.25) is 0 Å². The zero-order valence-corrected chi connectivity index (χ0v) is 18.5. The molecule has 1 heterocycles. The molecule has 1 aromatic heterocycles. The molecule has 9 nitrogen and oxygen atoms in total. The van der Waals surface area contributed by atoms with E-state index in [1.165, 1.54) is 18.2 Å². The van der Waals surface area contributed by atoms with Crippen molar-refractivity contribution in [1.82, 2.24) is 4.57 Å². The van der Waals surface area contributed by atoms with Crippen LogP contribution in [0.3, 0.4) is 0 Å². The first kappa shape index (κ1) is 25.2. The number of aromatic hydroxyl groups is 1. The van der Waals surface area contributed by atoms with Crippen LogP contribution in [0.2, 0.25) is 0 Å². The average molecular weight is 529 g/mol.